The standard InChI is InChI=1S/C14H22N2O2/c1-9-4-5-12(11(3)10(9)2)6-7-16-8-13(15)14(17)18/h4-5,13,16H,6-8,15H2,1-3H3,(H,17,18). The molecule has 18 heavy (non-hydrogen) atoms. The third-order valence-corrected chi connectivity index (χ3v) is 3.42. The van der Waals surface area contributed by atoms with Crippen LogP contribution in [-0.4, -0.2) is 30.2 Å². The number of hydrogen-bond acceptors (Lipinski definition) is 3. The highest BCUT2D eigenvalue weighted by Crippen LogP contribution is 2.17. The lowest BCUT2D eigenvalue weighted by Crippen LogP contribution is -2.40. The number of carboxylic acid groups (broad SMARTS) is 1. The average Bonchev–Trinajstić information content (AvgIpc) is 2.33. The molecule has 0 fully saturated rings. The number of hydrogen-bond donors (Lipinski definition) is 3. The fourth-order valence-electron chi connectivity index (χ4n) is 1.85. The van der Waals surface area contributed by atoms with Gasteiger partial charge < -0.3 is 16.2 Å². The van der Waals surface area contributed by atoms with Gasteiger partial charge in [-0.15, -0.1) is 0 Å². The summed E-state index contributed by atoms with van der Waals surface area (Å²) < 4.78 is 0. The van der Waals surface area contributed by atoms with Crippen LogP contribution in [0.3, 0.4) is 0 Å². The summed E-state index contributed by atoms with van der Waals surface area (Å²) in [4.78, 5) is 10.5. The zero-order chi connectivity index (χ0) is 13.7. The van der Waals surface area contributed by atoms with Gasteiger partial charge in [0.1, 0.15) is 6.04 Å². The van der Waals surface area contributed by atoms with Gasteiger partial charge in [-0.2, -0.15) is 0 Å². The monoisotopic (exact) mass is 250 g/mol. The molecular formula is C14H22N2O2. The number of aryl methyl sites for hydroxylation is 1. The van der Waals surface area contributed by atoms with Crippen LogP contribution in [-0.2, 0) is 11.2 Å². The molecule has 0 radical (unpaired) electrons. The molecule has 4 N–H and O–H groups in total. The molecule has 0 saturated heterocycles. The van der Waals surface area contributed by atoms with E-state index in [-0.39, 0.29) is 0 Å². The number of benzene rings is 1. The minimum absolute atomic E-state index is 0.305. The first kappa shape index (κ1) is 14.7. The van der Waals surface area contributed by atoms with E-state index < -0.39 is 12.0 Å². The Morgan fingerprint density at radius 2 is 2.00 bits per heavy atom. The summed E-state index contributed by atoms with van der Waals surface area (Å²) in [6.45, 7) is 7.41. The van der Waals surface area contributed by atoms with Gasteiger partial charge in [-0.1, -0.05) is 12.1 Å². The van der Waals surface area contributed by atoms with Crippen molar-refractivity contribution in [2.24, 2.45) is 5.73 Å². The second-order valence-electron chi connectivity index (χ2n) is 4.69. The largest absolute Gasteiger partial charge is 0.480 e. The van der Waals surface area contributed by atoms with Crippen LogP contribution in [0.15, 0.2) is 12.1 Å². The molecule has 0 heterocycles. The minimum atomic E-state index is -0.968. The van der Waals surface area contributed by atoms with Crippen molar-refractivity contribution in [2.45, 2.75) is 33.2 Å². The zero-order valence-corrected chi connectivity index (χ0v) is 11.3. The van der Waals surface area contributed by atoms with Crippen LogP contribution in [0.25, 0.3) is 0 Å². The highest BCUT2D eigenvalue weighted by molar-refractivity contribution is 5.73. The maximum absolute atomic E-state index is 10.5. The highest BCUT2D eigenvalue weighted by Gasteiger charge is 2.10. The predicted molar refractivity (Wildman–Crippen MR) is 72.8 cm³/mol. The van der Waals surface area contributed by atoms with Crippen LogP contribution < -0.4 is 11.1 Å². The molecule has 0 bridgehead atoms. The van der Waals surface area contributed by atoms with Gasteiger partial charge >= 0.3 is 5.97 Å². The van der Waals surface area contributed by atoms with Gasteiger partial charge in [0.25, 0.3) is 0 Å². The molecule has 4 heteroatoms. The topological polar surface area (TPSA) is 75.3 Å². The van der Waals surface area contributed by atoms with Crippen molar-refractivity contribution in [1.29, 1.82) is 0 Å². The summed E-state index contributed by atoms with van der Waals surface area (Å²) in [7, 11) is 0. The van der Waals surface area contributed by atoms with Crippen LogP contribution in [0.2, 0.25) is 0 Å². The lowest BCUT2D eigenvalue weighted by Gasteiger charge is -2.12. The third kappa shape index (κ3) is 3.82. The number of carboxylic acids is 1. The maximum Gasteiger partial charge on any atom is 0.321 e. The minimum Gasteiger partial charge on any atom is -0.480 e. The van der Waals surface area contributed by atoms with Crippen LogP contribution in [0.5, 0.6) is 0 Å². The molecule has 4 nitrogen and oxygen atoms in total. The first-order valence-corrected chi connectivity index (χ1v) is 6.18. The number of aliphatic carboxylic acids is 1. The number of rotatable bonds is 6. The van der Waals surface area contributed by atoms with E-state index in [1.54, 1.807) is 0 Å². The summed E-state index contributed by atoms with van der Waals surface area (Å²) in [6.07, 6.45) is 0.888. The van der Waals surface area contributed by atoms with E-state index >= 15 is 0 Å². The van der Waals surface area contributed by atoms with Crippen LogP contribution in [0.1, 0.15) is 22.3 Å². The van der Waals surface area contributed by atoms with Crippen LogP contribution >= 0.6 is 0 Å². The lowest BCUT2D eigenvalue weighted by atomic mass is 9.97. The smallest absolute Gasteiger partial charge is 0.321 e. The van der Waals surface area contributed by atoms with E-state index in [1.807, 2.05) is 0 Å². The van der Waals surface area contributed by atoms with Crippen LogP contribution in [0, 0.1) is 20.8 Å². The highest BCUT2D eigenvalue weighted by atomic mass is 16.4. The SMILES string of the molecule is Cc1ccc(CCNCC(N)C(=O)O)c(C)c1C. The Hall–Kier alpha value is -1.39. The normalized spacial score (nSPS) is 12.4. The maximum atomic E-state index is 10.5. The van der Waals surface area contributed by atoms with E-state index in [2.05, 4.69) is 38.2 Å². The molecule has 0 spiro atoms. The lowest BCUT2D eigenvalue weighted by molar-refractivity contribution is -0.138. The predicted octanol–water partition coefficient (Wildman–Crippen LogP) is 1.16. The molecule has 0 aromatic heterocycles. The van der Waals surface area contributed by atoms with Crippen molar-refractivity contribution in [3.63, 3.8) is 0 Å². The van der Waals surface area contributed by atoms with Crippen molar-refractivity contribution in [3.05, 3.63) is 34.4 Å². The van der Waals surface area contributed by atoms with Gasteiger partial charge in [0.15, 0.2) is 0 Å². The van der Waals surface area contributed by atoms with Crippen molar-refractivity contribution < 1.29 is 9.90 Å². The Labute approximate surface area is 108 Å². The average molecular weight is 250 g/mol. The van der Waals surface area contributed by atoms with E-state index in [1.165, 1.54) is 22.3 Å². The second kappa shape index (κ2) is 6.52. The number of carbonyl (C=O) groups is 1. The van der Waals surface area contributed by atoms with Gasteiger partial charge in [0.05, 0.1) is 0 Å². The van der Waals surface area contributed by atoms with Crippen LogP contribution in [0.4, 0.5) is 0 Å². The van der Waals surface area contributed by atoms with Gasteiger partial charge in [-0.05, 0) is 56.0 Å². The van der Waals surface area contributed by atoms with Gasteiger partial charge in [0, 0.05) is 6.54 Å². The molecule has 0 saturated carbocycles. The number of nitrogens with two attached hydrogens (primary N) is 1. The molecule has 1 atom stereocenters. The van der Waals surface area contributed by atoms with Gasteiger partial charge in [-0.3, -0.25) is 4.79 Å². The Kier molecular flexibility index (Phi) is 5.31. The van der Waals surface area contributed by atoms with Crippen molar-refractivity contribution in [1.82, 2.24) is 5.32 Å². The van der Waals surface area contributed by atoms with E-state index in [9.17, 15) is 4.79 Å². The Bertz CT molecular complexity index is 430. The fourth-order valence-corrected chi connectivity index (χ4v) is 1.85. The van der Waals surface area contributed by atoms with E-state index in [4.69, 9.17) is 10.8 Å². The summed E-state index contributed by atoms with van der Waals surface area (Å²) in [5.41, 5.74) is 10.7. The molecule has 1 aromatic rings. The molecule has 1 rings (SSSR count). The van der Waals surface area contributed by atoms with Gasteiger partial charge in [0.2, 0.25) is 0 Å². The second-order valence-corrected chi connectivity index (χ2v) is 4.69. The zero-order valence-electron chi connectivity index (χ0n) is 11.3. The van der Waals surface area contributed by atoms with Crippen molar-refractivity contribution >= 4 is 5.97 Å². The summed E-state index contributed by atoms with van der Waals surface area (Å²) in [5.74, 6) is -0.968. The molecular weight excluding hydrogens is 228 g/mol. The molecule has 0 amide bonds. The van der Waals surface area contributed by atoms with E-state index in [0.717, 1.165) is 13.0 Å². The van der Waals surface area contributed by atoms with E-state index in [0.29, 0.717) is 6.54 Å². The Morgan fingerprint density at radius 3 is 2.61 bits per heavy atom. The molecule has 1 unspecified atom stereocenters. The first-order chi connectivity index (χ1) is 8.43. The molecule has 100 valence electrons. The fraction of sp³-hybridized carbons (Fsp3) is 0.500. The molecule has 1 aromatic carbocycles. The molecule has 0 aliphatic carbocycles. The summed E-state index contributed by atoms with van der Waals surface area (Å²) >= 11 is 0. The summed E-state index contributed by atoms with van der Waals surface area (Å²) in [6, 6.07) is 3.43. The first-order valence-electron chi connectivity index (χ1n) is 6.18. The van der Waals surface area contributed by atoms with Crippen molar-refractivity contribution in [3.8, 4) is 0 Å². The van der Waals surface area contributed by atoms with Crippen molar-refractivity contribution in [2.75, 3.05) is 13.1 Å². The quantitative estimate of drug-likeness (QED) is 0.662. The van der Waals surface area contributed by atoms with Gasteiger partial charge in [-0.25, -0.2) is 0 Å². The molecule has 0 aliphatic heterocycles. The number of nitrogens with one attached hydrogen (secondary N) is 1. The Balaban J connectivity index is 2.45. The Morgan fingerprint density at radius 1 is 1.33 bits per heavy atom. The summed E-state index contributed by atoms with van der Waals surface area (Å²) in [5, 5.41) is 11.7. The third-order valence-electron chi connectivity index (χ3n) is 3.42. The molecule has 0 aliphatic rings.